The second-order valence-electron chi connectivity index (χ2n) is 9.88. The predicted octanol–water partition coefficient (Wildman–Crippen LogP) is 3.33. The third-order valence-electron chi connectivity index (χ3n) is 7.34. The molecule has 4 rings (SSSR count). The van der Waals surface area contributed by atoms with Crippen LogP contribution in [0.15, 0.2) is 30.5 Å². The molecule has 1 aromatic heterocycles. The van der Waals surface area contributed by atoms with Crippen LogP contribution < -0.4 is 4.74 Å². The molecule has 0 bridgehead atoms. The van der Waals surface area contributed by atoms with Gasteiger partial charge in [0.2, 0.25) is 5.91 Å². The molecule has 2 aliphatic heterocycles. The number of rotatable bonds is 7. The van der Waals surface area contributed by atoms with Crippen molar-refractivity contribution in [3.8, 4) is 5.75 Å². The van der Waals surface area contributed by atoms with Crippen LogP contribution in [0.2, 0.25) is 5.02 Å². The van der Waals surface area contributed by atoms with Crippen LogP contribution in [0.5, 0.6) is 5.75 Å². The predicted molar refractivity (Wildman–Crippen MR) is 136 cm³/mol. The van der Waals surface area contributed by atoms with E-state index in [0.29, 0.717) is 55.3 Å². The minimum atomic E-state index is -0.331. The topological polar surface area (TPSA) is 70.9 Å². The summed E-state index contributed by atoms with van der Waals surface area (Å²) in [7, 11) is 2.08. The second kappa shape index (κ2) is 11.0. The van der Waals surface area contributed by atoms with Crippen LogP contribution in [0.25, 0.3) is 0 Å². The number of carbonyl (C=O) groups is 2. The summed E-state index contributed by atoms with van der Waals surface area (Å²) in [6.45, 7) is 9.50. The fourth-order valence-electron chi connectivity index (χ4n) is 4.90. The molecule has 0 unspecified atom stereocenters. The van der Waals surface area contributed by atoms with Crippen LogP contribution in [0.3, 0.4) is 0 Å². The maximum Gasteiger partial charge on any atom is 0.257 e. The van der Waals surface area contributed by atoms with Crippen LogP contribution in [-0.2, 0) is 11.3 Å². The van der Waals surface area contributed by atoms with E-state index in [4.69, 9.17) is 16.3 Å². The Labute approximate surface area is 212 Å². The van der Waals surface area contributed by atoms with Crippen LogP contribution >= 0.6 is 11.6 Å². The summed E-state index contributed by atoms with van der Waals surface area (Å²) in [5.74, 6) is 0.884. The third kappa shape index (κ3) is 6.16. The zero-order valence-corrected chi connectivity index (χ0v) is 21.8. The van der Waals surface area contributed by atoms with E-state index in [-0.39, 0.29) is 17.2 Å². The average Bonchev–Trinajstić information content (AvgIpc) is 3.24. The van der Waals surface area contributed by atoms with E-state index in [1.807, 2.05) is 48.0 Å². The summed E-state index contributed by atoms with van der Waals surface area (Å²) in [5.41, 5.74) is 1.08. The van der Waals surface area contributed by atoms with Gasteiger partial charge in [0, 0.05) is 68.9 Å². The molecule has 0 spiro atoms. The van der Waals surface area contributed by atoms with E-state index in [2.05, 4.69) is 17.0 Å². The minimum Gasteiger partial charge on any atom is -0.493 e. The molecule has 0 N–H and O–H groups in total. The first-order chi connectivity index (χ1) is 16.8. The summed E-state index contributed by atoms with van der Waals surface area (Å²) in [6.07, 6.45) is 3.67. The number of nitrogens with zero attached hydrogens (tertiary/aromatic N) is 5. The third-order valence-corrected chi connectivity index (χ3v) is 7.57. The first kappa shape index (κ1) is 25.5. The first-order valence-corrected chi connectivity index (χ1v) is 12.8. The fraction of sp³-hybridized carbons (Fsp3) is 0.577. The number of ether oxygens (including phenoxy) is 1. The lowest BCUT2D eigenvalue weighted by atomic mass is 9.75. The number of aryl methyl sites for hydroxylation is 2. The Balaban J connectivity index is 1.46. The molecule has 0 aliphatic carbocycles. The normalized spacial score (nSPS) is 18.5. The van der Waals surface area contributed by atoms with Gasteiger partial charge in [0.1, 0.15) is 5.75 Å². The summed E-state index contributed by atoms with van der Waals surface area (Å²) in [5, 5.41) is 5.04. The van der Waals surface area contributed by atoms with Gasteiger partial charge in [-0.25, -0.2) is 0 Å². The van der Waals surface area contributed by atoms with E-state index in [1.54, 1.807) is 10.7 Å². The Morgan fingerprint density at radius 1 is 1.09 bits per heavy atom. The van der Waals surface area contributed by atoms with Crippen LogP contribution in [0.4, 0.5) is 0 Å². The van der Waals surface area contributed by atoms with Crippen LogP contribution in [0.1, 0.15) is 42.2 Å². The number of likely N-dealkylation sites (N-methyl/N-ethyl adjacent to an activating group) is 1. The highest BCUT2D eigenvalue weighted by Crippen LogP contribution is 2.37. The molecule has 35 heavy (non-hydrogen) atoms. The van der Waals surface area contributed by atoms with E-state index < -0.39 is 0 Å². The molecule has 2 saturated heterocycles. The van der Waals surface area contributed by atoms with Gasteiger partial charge in [-0.05, 0) is 51.9 Å². The van der Waals surface area contributed by atoms with Crippen LogP contribution in [-0.4, -0.2) is 89.2 Å². The molecule has 3 heterocycles. The summed E-state index contributed by atoms with van der Waals surface area (Å²) in [6, 6.07) is 7.35. The molecule has 2 aliphatic rings. The van der Waals surface area contributed by atoms with Gasteiger partial charge < -0.3 is 19.4 Å². The molecular weight excluding hydrogens is 466 g/mol. The van der Waals surface area contributed by atoms with Gasteiger partial charge in [0.05, 0.1) is 17.9 Å². The fourth-order valence-corrected chi connectivity index (χ4v) is 5.08. The van der Waals surface area contributed by atoms with E-state index in [0.717, 1.165) is 38.4 Å². The number of piperazine rings is 1. The van der Waals surface area contributed by atoms with Gasteiger partial charge in [-0.3, -0.25) is 14.3 Å². The molecule has 0 saturated carbocycles. The van der Waals surface area contributed by atoms with E-state index in [1.165, 1.54) is 0 Å². The van der Waals surface area contributed by atoms with Crippen molar-refractivity contribution in [2.24, 2.45) is 5.41 Å². The number of carbonyl (C=O) groups excluding carboxylic acids is 2. The summed E-state index contributed by atoms with van der Waals surface area (Å²) < 4.78 is 7.97. The van der Waals surface area contributed by atoms with Crippen molar-refractivity contribution in [1.82, 2.24) is 24.5 Å². The second-order valence-corrected chi connectivity index (χ2v) is 10.3. The maximum absolute atomic E-state index is 13.3. The van der Waals surface area contributed by atoms with Crippen molar-refractivity contribution < 1.29 is 14.3 Å². The number of hydrogen-bond acceptors (Lipinski definition) is 5. The van der Waals surface area contributed by atoms with Gasteiger partial charge in [0.25, 0.3) is 5.91 Å². The summed E-state index contributed by atoms with van der Waals surface area (Å²) in [4.78, 5) is 32.6. The Morgan fingerprint density at radius 2 is 1.80 bits per heavy atom. The number of amides is 2. The number of halogens is 1. The highest BCUT2D eigenvalue weighted by Gasteiger charge is 2.40. The quantitative estimate of drug-likeness (QED) is 0.582. The van der Waals surface area contributed by atoms with Gasteiger partial charge in [-0.2, -0.15) is 5.10 Å². The molecule has 8 nitrogen and oxygen atoms in total. The largest absolute Gasteiger partial charge is 0.493 e. The zero-order valence-electron chi connectivity index (χ0n) is 21.0. The molecule has 1 aromatic carbocycles. The molecule has 2 amide bonds. The summed E-state index contributed by atoms with van der Waals surface area (Å²) >= 11 is 6.14. The van der Waals surface area contributed by atoms with E-state index in [9.17, 15) is 9.59 Å². The van der Waals surface area contributed by atoms with Gasteiger partial charge in [0.15, 0.2) is 0 Å². The number of piperidine rings is 1. The van der Waals surface area contributed by atoms with Gasteiger partial charge in [-0.1, -0.05) is 17.7 Å². The number of benzene rings is 1. The lowest BCUT2D eigenvalue weighted by Gasteiger charge is -2.42. The van der Waals surface area contributed by atoms with E-state index >= 15 is 0 Å². The Kier molecular flexibility index (Phi) is 8.02. The molecule has 2 aromatic rings. The molecular formula is C26H36ClN5O3. The maximum atomic E-state index is 13.3. The van der Waals surface area contributed by atoms with Crippen molar-refractivity contribution in [2.75, 3.05) is 52.9 Å². The number of aromatic nitrogens is 2. The molecule has 9 heteroatoms. The van der Waals surface area contributed by atoms with Crippen molar-refractivity contribution in [2.45, 2.75) is 39.7 Å². The minimum absolute atomic E-state index is 0.0111. The van der Waals surface area contributed by atoms with Crippen molar-refractivity contribution in [1.29, 1.82) is 0 Å². The molecule has 0 atom stereocenters. The Morgan fingerprint density at radius 3 is 2.43 bits per heavy atom. The molecule has 0 radical (unpaired) electrons. The van der Waals surface area contributed by atoms with Gasteiger partial charge in [-0.15, -0.1) is 0 Å². The lowest BCUT2D eigenvalue weighted by Crippen LogP contribution is -2.51. The number of likely N-dealkylation sites (tertiary alicyclic amines) is 1. The highest BCUT2D eigenvalue weighted by atomic mass is 35.5. The SMILES string of the molecule is CCn1cc(C(=O)N2CCC(COc3cccc(Cl)c3)(CC(=O)N3CCN(C)CC3)CC2)c(C)n1. The standard InChI is InChI=1S/C26H36ClN5O3/c1-4-32-18-23(20(2)28-32)25(34)31-10-8-26(9-11-31,19-35-22-7-5-6-21(27)16-22)17-24(33)30-14-12-29(3)13-15-30/h5-7,16,18H,4,8-15,17,19H2,1-3H3. The zero-order chi connectivity index (χ0) is 25.0. The monoisotopic (exact) mass is 501 g/mol. The number of hydrogen-bond donors (Lipinski definition) is 0. The van der Waals surface area contributed by atoms with Crippen LogP contribution in [0, 0.1) is 12.3 Å². The first-order valence-electron chi connectivity index (χ1n) is 12.5. The van der Waals surface area contributed by atoms with Crippen molar-refractivity contribution >= 4 is 23.4 Å². The van der Waals surface area contributed by atoms with Crippen molar-refractivity contribution in [3.63, 3.8) is 0 Å². The average molecular weight is 502 g/mol. The molecule has 2 fully saturated rings. The Bertz CT molecular complexity index is 1040. The Hall–Kier alpha value is -2.58. The lowest BCUT2D eigenvalue weighted by molar-refractivity contribution is -0.136. The molecule has 190 valence electrons. The van der Waals surface area contributed by atoms with Crippen molar-refractivity contribution in [3.05, 3.63) is 46.7 Å². The van der Waals surface area contributed by atoms with Gasteiger partial charge >= 0.3 is 0 Å². The smallest absolute Gasteiger partial charge is 0.257 e. The highest BCUT2D eigenvalue weighted by molar-refractivity contribution is 6.30.